The summed E-state index contributed by atoms with van der Waals surface area (Å²) in [6.07, 6.45) is 1.78. The number of esters is 1. The van der Waals surface area contributed by atoms with Crippen molar-refractivity contribution in [2.45, 2.75) is 0 Å². The van der Waals surface area contributed by atoms with Crippen molar-refractivity contribution in [2.75, 3.05) is 7.11 Å². The molecule has 0 spiro atoms. The largest absolute Gasteiger partial charge is 0.465 e. The summed E-state index contributed by atoms with van der Waals surface area (Å²) in [6.45, 7) is 0. The van der Waals surface area contributed by atoms with Gasteiger partial charge in [-0.15, -0.1) is 11.3 Å². The highest BCUT2D eigenvalue weighted by molar-refractivity contribution is 7.13. The predicted molar refractivity (Wildman–Crippen MR) is 58.9 cm³/mol. The van der Waals surface area contributed by atoms with Gasteiger partial charge in [-0.3, -0.25) is 4.98 Å². The lowest BCUT2D eigenvalue weighted by atomic mass is 10.1. The fourth-order valence-electron chi connectivity index (χ4n) is 1.28. The number of thiazole rings is 1. The maximum atomic E-state index is 11.3. The number of methoxy groups -OCH3 is 1. The van der Waals surface area contributed by atoms with Crippen LogP contribution in [0.4, 0.5) is 0 Å². The van der Waals surface area contributed by atoms with E-state index < -0.39 is 0 Å². The Kier molecular flexibility index (Phi) is 2.78. The third-order valence-corrected chi connectivity index (χ3v) is 2.82. The molecule has 0 aliphatic carbocycles. The lowest BCUT2D eigenvalue weighted by molar-refractivity contribution is 0.0601. The Morgan fingerprint density at radius 1 is 1.47 bits per heavy atom. The molecule has 76 valence electrons. The molecule has 0 aliphatic rings. The van der Waals surface area contributed by atoms with Crippen LogP contribution in [0.5, 0.6) is 0 Å². The van der Waals surface area contributed by atoms with Gasteiger partial charge in [-0.2, -0.15) is 0 Å². The van der Waals surface area contributed by atoms with E-state index in [4.69, 9.17) is 0 Å². The van der Waals surface area contributed by atoms with Crippen LogP contribution in [0.25, 0.3) is 10.4 Å². The maximum absolute atomic E-state index is 11.3. The Labute approximate surface area is 91.4 Å². The molecule has 0 bridgehead atoms. The summed E-state index contributed by atoms with van der Waals surface area (Å²) in [5, 5.41) is 0. The van der Waals surface area contributed by atoms with E-state index in [0.717, 1.165) is 10.4 Å². The molecule has 0 fully saturated rings. The Balaban J connectivity index is 2.39. The van der Waals surface area contributed by atoms with E-state index in [1.54, 1.807) is 35.2 Å². The first-order valence-corrected chi connectivity index (χ1v) is 5.26. The lowest BCUT2D eigenvalue weighted by Crippen LogP contribution is -2.00. The van der Waals surface area contributed by atoms with Crippen LogP contribution in [0.3, 0.4) is 0 Å². The molecular formula is C11H9NO2S. The molecule has 0 atom stereocenters. The van der Waals surface area contributed by atoms with Crippen molar-refractivity contribution in [3.8, 4) is 10.4 Å². The number of nitrogens with zero attached hydrogens (tertiary/aromatic N) is 1. The topological polar surface area (TPSA) is 39.2 Å². The van der Waals surface area contributed by atoms with Crippen LogP contribution >= 0.6 is 11.3 Å². The van der Waals surface area contributed by atoms with Crippen molar-refractivity contribution in [2.24, 2.45) is 0 Å². The van der Waals surface area contributed by atoms with Crippen LogP contribution in [0.15, 0.2) is 36.0 Å². The van der Waals surface area contributed by atoms with Gasteiger partial charge in [-0.05, 0) is 17.7 Å². The average molecular weight is 219 g/mol. The Morgan fingerprint density at radius 3 is 3.00 bits per heavy atom. The van der Waals surface area contributed by atoms with Gasteiger partial charge in [0.1, 0.15) is 0 Å². The molecule has 4 heteroatoms. The van der Waals surface area contributed by atoms with Crippen LogP contribution < -0.4 is 0 Å². The molecule has 0 radical (unpaired) electrons. The molecule has 2 rings (SSSR count). The van der Waals surface area contributed by atoms with E-state index in [-0.39, 0.29) is 5.97 Å². The van der Waals surface area contributed by atoms with Gasteiger partial charge in [0, 0.05) is 6.20 Å². The molecule has 0 saturated heterocycles. The molecule has 3 nitrogen and oxygen atoms in total. The standard InChI is InChI=1S/C11H9NO2S/c1-14-11(13)9-4-2-3-8(5-9)10-6-12-7-15-10/h2-7H,1H3. The molecule has 15 heavy (non-hydrogen) atoms. The summed E-state index contributed by atoms with van der Waals surface area (Å²) in [6, 6.07) is 7.32. The van der Waals surface area contributed by atoms with Gasteiger partial charge in [0.2, 0.25) is 0 Å². The van der Waals surface area contributed by atoms with Crippen molar-refractivity contribution in [1.29, 1.82) is 0 Å². The molecule has 0 amide bonds. The first kappa shape index (κ1) is 9.86. The van der Waals surface area contributed by atoms with E-state index in [0.29, 0.717) is 5.56 Å². The summed E-state index contributed by atoms with van der Waals surface area (Å²) < 4.78 is 4.66. The van der Waals surface area contributed by atoms with Crippen molar-refractivity contribution in [3.05, 3.63) is 41.5 Å². The number of aromatic nitrogens is 1. The monoisotopic (exact) mass is 219 g/mol. The number of hydrogen-bond donors (Lipinski definition) is 0. The van der Waals surface area contributed by atoms with Crippen LogP contribution in [-0.4, -0.2) is 18.1 Å². The second kappa shape index (κ2) is 4.23. The van der Waals surface area contributed by atoms with Gasteiger partial charge in [0.25, 0.3) is 0 Å². The number of ether oxygens (including phenoxy) is 1. The molecular weight excluding hydrogens is 210 g/mol. The summed E-state index contributed by atoms with van der Waals surface area (Å²) in [5.41, 5.74) is 3.31. The molecule has 0 unspecified atom stereocenters. The number of carbonyl (C=O) groups excluding carboxylic acids is 1. The highest BCUT2D eigenvalue weighted by atomic mass is 32.1. The van der Waals surface area contributed by atoms with E-state index in [2.05, 4.69) is 9.72 Å². The summed E-state index contributed by atoms with van der Waals surface area (Å²) in [5.74, 6) is -0.318. The summed E-state index contributed by atoms with van der Waals surface area (Å²) in [4.78, 5) is 16.3. The van der Waals surface area contributed by atoms with Gasteiger partial charge in [-0.1, -0.05) is 12.1 Å². The number of carbonyl (C=O) groups is 1. The van der Waals surface area contributed by atoms with Crippen molar-refractivity contribution in [3.63, 3.8) is 0 Å². The Hall–Kier alpha value is -1.68. The average Bonchev–Trinajstić information content (AvgIpc) is 2.82. The van der Waals surface area contributed by atoms with Gasteiger partial charge < -0.3 is 4.74 Å². The van der Waals surface area contributed by atoms with E-state index in [9.17, 15) is 4.79 Å². The smallest absolute Gasteiger partial charge is 0.337 e. The third kappa shape index (κ3) is 2.05. The van der Waals surface area contributed by atoms with Crippen molar-refractivity contribution in [1.82, 2.24) is 4.98 Å². The van der Waals surface area contributed by atoms with Crippen LogP contribution in [0.1, 0.15) is 10.4 Å². The van der Waals surface area contributed by atoms with Gasteiger partial charge in [0.05, 0.1) is 23.1 Å². The highest BCUT2D eigenvalue weighted by Crippen LogP contribution is 2.23. The third-order valence-electron chi connectivity index (χ3n) is 2.00. The van der Waals surface area contributed by atoms with Crippen molar-refractivity contribution >= 4 is 17.3 Å². The first-order valence-electron chi connectivity index (χ1n) is 4.38. The Bertz CT molecular complexity index is 465. The lowest BCUT2D eigenvalue weighted by Gasteiger charge is -2.01. The summed E-state index contributed by atoms with van der Waals surface area (Å²) >= 11 is 1.54. The van der Waals surface area contributed by atoms with Crippen LogP contribution in [-0.2, 0) is 4.74 Å². The quantitative estimate of drug-likeness (QED) is 0.729. The van der Waals surface area contributed by atoms with E-state index >= 15 is 0 Å². The van der Waals surface area contributed by atoms with Crippen molar-refractivity contribution < 1.29 is 9.53 Å². The number of hydrogen-bond acceptors (Lipinski definition) is 4. The normalized spacial score (nSPS) is 9.93. The Morgan fingerprint density at radius 2 is 2.33 bits per heavy atom. The van der Waals surface area contributed by atoms with Gasteiger partial charge >= 0.3 is 5.97 Å². The zero-order chi connectivity index (χ0) is 10.7. The molecule has 1 aromatic heterocycles. The zero-order valence-electron chi connectivity index (χ0n) is 8.14. The van der Waals surface area contributed by atoms with Gasteiger partial charge in [-0.25, -0.2) is 4.79 Å². The number of benzene rings is 1. The molecule has 0 saturated carbocycles. The minimum absolute atomic E-state index is 0.318. The highest BCUT2D eigenvalue weighted by Gasteiger charge is 2.06. The van der Waals surface area contributed by atoms with Crippen LogP contribution in [0, 0.1) is 0 Å². The fourth-order valence-corrected chi connectivity index (χ4v) is 1.90. The minimum Gasteiger partial charge on any atom is -0.465 e. The molecule has 1 heterocycles. The first-order chi connectivity index (χ1) is 7.31. The zero-order valence-corrected chi connectivity index (χ0v) is 8.95. The molecule has 2 aromatic rings. The van der Waals surface area contributed by atoms with E-state index in [1.807, 2.05) is 12.1 Å². The molecule has 0 N–H and O–H groups in total. The molecule has 1 aromatic carbocycles. The second-order valence-electron chi connectivity index (χ2n) is 2.94. The second-order valence-corrected chi connectivity index (χ2v) is 3.82. The fraction of sp³-hybridized carbons (Fsp3) is 0.0909. The van der Waals surface area contributed by atoms with Gasteiger partial charge in [0.15, 0.2) is 0 Å². The molecule has 0 aliphatic heterocycles. The predicted octanol–water partition coefficient (Wildman–Crippen LogP) is 2.60. The minimum atomic E-state index is -0.318. The van der Waals surface area contributed by atoms with Crippen LogP contribution in [0.2, 0.25) is 0 Å². The summed E-state index contributed by atoms with van der Waals surface area (Å²) in [7, 11) is 1.38. The van der Waals surface area contributed by atoms with E-state index in [1.165, 1.54) is 7.11 Å². The SMILES string of the molecule is COC(=O)c1cccc(-c2cncs2)c1. The maximum Gasteiger partial charge on any atom is 0.337 e. The number of rotatable bonds is 2.